The number of methoxy groups -OCH3 is 1. The van der Waals surface area contributed by atoms with Gasteiger partial charge in [-0.15, -0.1) is 0 Å². The molecular weight excluding hydrogens is 292 g/mol. The summed E-state index contributed by atoms with van der Waals surface area (Å²) in [6.07, 6.45) is 1.13. The monoisotopic (exact) mass is 310 g/mol. The summed E-state index contributed by atoms with van der Waals surface area (Å²) in [5.41, 5.74) is 0.537. The van der Waals surface area contributed by atoms with Crippen LogP contribution < -0.4 is 5.56 Å². The number of aryl methyl sites for hydroxylation is 1. The lowest BCUT2D eigenvalue weighted by atomic mass is 10.3. The average molecular weight is 310 g/mol. The second-order valence-electron chi connectivity index (χ2n) is 4.84. The third-order valence-corrected chi connectivity index (χ3v) is 3.86. The van der Waals surface area contributed by atoms with Gasteiger partial charge in [-0.2, -0.15) is 9.61 Å². The molecule has 2 heterocycles. The molecule has 0 atom stereocenters. The number of hydrogen-bond donors (Lipinski definition) is 0. The number of aromatic nitrogens is 3. The first-order valence-electron chi connectivity index (χ1n) is 6.61. The zero-order valence-corrected chi connectivity index (χ0v) is 13.1. The topological polar surface area (TPSA) is 76.8 Å². The molecule has 0 saturated carbocycles. The summed E-state index contributed by atoms with van der Waals surface area (Å²) in [7, 11) is 3.34. The molecule has 2 rings (SSSR count). The van der Waals surface area contributed by atoms with Crippen LogP contribution in [0.2, 0.25) is 0 Å². The molecule has 0 amide bonds. The molecule has 7 nitrogen and oxygen atoms in total. The first-order valence-corrected chi connectivity index (χ1v) is 7.43. The van der Waals surface area contributed by atoms with Crippen LogP contribution in [0.25, 0.3) is 4.96 Å². The molecule has 2 aromatic rings. The SMILES string of the molecule is COC(=O)CCCN(C)Cc1nn2c(=O)cc(C)nc2s1. The highest BCUT2D eigenvalue weighted by Crippen LogP contribution is 2.13. The van der Waals surface area contributed by atoms with Crippen molar-refractivity contribution in [3.63, 3.8) is 0 Å². The zero-order chi connectivity index (χ0) is 15.4. The third kappa shape index (κ3) is 4.08. The molecule has 8 heteroatoms. The van der Waals surface area contributed by atoms with Gasteiger partial charge >= 0.3 is 5.97 Å². The summed E-state index contributed by atoms with van der Waals surface area (Å²) in [5, 5.41) is 5.10. The van der Waals surface area contributed by atoms with Crippen LogP contribution in [0.5, 0.6) is 0 Å². The van der Waals surface area contributed by atoms with Crippen molar-refractivity contribution < 1.29 is 9.53 Å². The van der Waals surface area contributed by atoms with Gasteiger partial charge in [0.25, 0.3) is 5.56 Å². The molecule has 0 radical (unpaired) electrons. The minimum absolute atomic E-state index is 0.159. The molecule has 0 aliphatic rings. The predicted molar refractivity (Wildman–Crippen MR) is 79.5 cm³/mol. The van der Waals surface area contributed by atoms with E-state index in [0.29, 0.717) is 23.6 Å². The van der Waals surface area contributed by atoms with Gasteiger partial charge in [-0.05, 0) is 26.9 Å². The molecular formula is C13H18N4O3S. The Kier molecular flexibility index (Phi) is 5.03. The van der Waals surface area contributed by atoms with E-state index in [0.717, 1.165) is 18.0 Å². The van der Waals surface area contributed by atoms with Crippen molar-refractivity contribution >= 4 is 22.3 Å². The number of ether oxygens (including phenoxy) is 1. The molecule has 114 valence electrons. The van der Waals surface area contributed by atoms with E-state index < -0.39 is 0 Å². The lowest BCUT2D eigenvalue weighted by Crippen LogP contribution is -2.20. The number of carbonyl (C=O) groups is 1. The lowest BCUT2D eigenvalue weighted by Gasteiger charge is -2.13. The fraction of sp³-hybridized carbons (Fsp3) is 0.538. The highest BCUT2D eigenvalue weighted by molar-refractivity contribution is 7.16. The first kappa shape index (κ1) is 15.6. The van der Waals surface area contributed by atoms with E-state index in [2.05, 4.69) is 19.7 Å². The third-order valence-electron chi connectivity index (χ3n) is 2.97. The molecule has 0 fully saturated rings. The van der Waals surface area contributed by atoms with Gasteiger partial charge in [-0.1, -0.05) is 11.3 Å². The molecule has 0 aromatic carbocycles. The van der Waals surface area contributed by atoms with E-state index in [4.69, 9.17) is 0 Å². The highest BCUT2D eigenvalue weighted by Gasteiger charge is 2.10. The summed E-state index contributed by atoms with van der Waals surface area (Å²) >= 11 is 1.41. The minimum atomic E-state index is -0.199. The smallest absolute Gasteiger partial charge is 0.305 e. The van der Waals surface area contributed by atoms with E-state index >= 15 is 0 Å². The first-order chi connectivity index (χ1) is 9.99. The van der Waals surface area contributed by atoms with Crippen LogP contribution in [0.15, 0.2) is 10.9 Å². The predicted octanol–water partition coefficient (Wildman–Crippen LogP) is 0.844. The van der Waals surface area contributed by atoms with Gasteiger partial charge in [-0.3, -0.25) is 14.5 Å². The standard InChI is InChI=1S/C13H18N4O3S/c1-9-7-11(18)17-13(14-9)21-10(15-17)8-16(2)6-4-5-12(19)20-3/h7H,4-6,8H2,1-3H3. The van der Waals surface area contributed by atoms with Crippen LogP contribution in [-0.2, 0) is 16.1 Å². The zero-order valence-electron chi connectivity index (χ0n) is 12.3. The maximum Gasteiger partial charge on any atom is 0.305 e. The quantitative estimate of drug-likeness (QED) is 0.736. The van der Waals surface area contributed by atoms with Crippen LogP contribution in [0.4, 0.5) is 0 Å². The van der Waals surface area contributed by atoms with E-state index in [-0.39, 0.29) is 11.5 Å². The second kappa shape index (κ2) is 6.77. The van der Waals surface area contributed by atoms with Gasteiger partial charge in [0.2, 0.25) is 4.96 Å². The number of carbonyl (C=O) groups excluding carboxylic acids is 1. The summed E-state index contributed by atoms with van der Waals surface area (Å²) in [5.74, 6) is -0.199. The Labute approximate surface area is 126 Å². The molecule has 0 bridgehead atoms. The molecule has 21 heavy (non-hydrogen) atoms. The van der Waals surface area contributed by atoms with Crippen molar-refractivity contribution in [3.8, 4) is 0 Å². The van der Waals surface area contributed by atoms with Crippen molar-refractivity contribution in [2.24, 2.45) is 0 Å². The van der Waals surface area contributed by atoms with Crippen LogP contribution in [-0.4, -0.2) is 46.2 Å². The Bertz CT molecular complexity index is 694. The second-order valence-corrected chi connectivity index (χ2v) is 5.88. The summed E-state index contributed by atoms with van der Waals surface area (Å²) in [4.78, 5) is 29.8. The minimum Gasteiger partial charge on any atom is -0.469 e. The Hall–Kier alpha value is -1.80. The Balaban J connectivity index is 1.98. The van der Waals surface area contributed by atoms with E-state index in [1.807, 2.05) is 7.05 Å². The van der Waals surface area contributed by atoms with Gasteiger partial charge in [0.1, 0.15) is 5.01 Å². The number of fused-ring (bicyclic) bond motifs is 1. The summed E-state index contributed by atoms with van der Waals surface area (Å²) in [6, 6.07) is 1.47. The van der Waals surface area contributed by atoms with Gasteiger partial charge in [0.15, 0.2) is 0 Å². The van der Waals surface area contributed by atoms with Crippen LogP contribution in [0.1, 0.15) is 23.5 Å². The Morgan fingerprint density at radius 2 is 2.29 bits per heavy atom. The van der Waals surface area contributed by atoms with Crippen LogP contribution in [0.3, 0.4) is 0 Å². The number of rotatable bonds is 6. The van der Waals surface area contributed by atoms with Crippen LogP contribution in [0, 0.1) is 6.92 Å². The largest absolute Gasteiger partial charge is 0.469 e. The fourth-order valence-corrected chi connectivity index (χ4v) is 2.95. The Morgan fingerprint density at radius 3 is 3.00 bits per heavy atom. The highest BCUT2D eigenvalue weighted by atomic mass is 32.1. The average Bonchev–Trinajstić information content (AvgIpc) is 2.81. The van der Waals surface area contributed by atoms with E-state index in [1.54, 1.807) is 6.92 Å². The van der Waals surface area contributed by atoms with Crippen molar-refractivity contribution in [2.75, 3.05) is 20.7 Å². The number of hydrogen-bond acceptors (Lipinski definition) is 7. The van der Waals surface area contributed by atoms with Gasteiger partial charge in [-0.25, -0.2) is 4.98 Å². The summed E-state index contributed by atoms with van der Waals surface area (Å²) in [6.45, 7) is 3.17. The van der Waals surface area contributed by atoms with Gasteiger partial charge in [0.05, 0.1) is 13.7 Å². The molecule has 0 unspecified atom stereocenters. The molecule has 2 aromatic heterocycles. The maximum atomic E-state index is 11.8. The van der Waals surface area contributed by atoms with Crippen molar-refractivity contribution in [1.82, 2.24) is 19.5 Å². The normalized spacial score (nSPS) is 11.2. The van der Waals surface area contributed by atoms with E-state index in [9.17, 15) is 9.59 Å². The van der Waals surface area contributed by atoms with Crippen LogP contribution >= 0.6 is 11.3 Å². The molecule has 0 aliphatic heterocycles. The molecule has 0 saturated heterocycles. The van der Waals surface area contributed by atoms with E-state index in [1.165, 1.54) is 29.0 Å². The Morgan fingerprint density at radius 1 is 1.52 bits per heavy atom. The molecule has 0 spiro atoms. The van der Waals surface area contributed by atoms with Crippen molar-refractivity contribution in [3.05, 3.63) is 27.1 Å². The van der Waals surface area contributed by atoms with Crippen molar-refractivity contribution in [1.29, 1.82) is 0 Å². The van der Waals surface area contributed by atoms with Gasteiger partial charge in [0, 0.05) is 18.2 Å². The molecule has 0 N–H and O–H groups in total. The number of esters is 1. The maximum absolute atomic E-state index is 11.8. The lowest BCUT2D eigenvalue weighted by molar-refractivity contribution is -0.140. The summed E-state index contributed by atoms with van der Waals surface area (Å²) < 4.78 is 5.93. The fourth-order valence-electron chi connectivity index (χ4n) is 1.93. The van der Waals surface area contributed by atoms with Crippen molar-refractivity contribution in [2.45, 2.75) is 26.3 Å². The molecule has 0 aliphatic carbocycles. The number of nitrogens with zero attached hydrogens (tertiary/aromatic N) is 4. The van der Waals surface area contributed by atoms with Gasteiger partial charge < -0.3 is 4.74 Å².